The van der Waals surface area contributed by atoms with Crippen LogP contribution < -0.4 is 14.8 Å². The van der Waals surface area contributed by atoms with Crippen molar-refractivity contribution in [2.75, 3.05) is 7.11 Å². The van der Waals surface area contributed by atoms with Crippen molar-refractivity contribution in [3.05, 3.63) is 82.4 Å². The molecule has 0 radical (unpaired) electrons. The largest absolute Gasteiger partial charge is 0.507 e. The predicted octanol–water partition coefficient (Wildman–Crippen LogP) is 4.02. The molecule has 0 aliphatic carbocycles. The maximum absolute atomic E-state index is 12.1. The third kappa shape index (κ3) is 5.85. The molecular weight excluding hydrogens is 406 g/mol. The molecule has 166 valence electrons. The van der Waals surface area contributed by atoms with Gasteiger partial charge in [-0.15, -0.1) is 0 Å². The zero-order chi connectivity index (χ0) is 23.1. The van der Waals surface area contributed by atoms with Gasteiger partial charge in [-0.3, -0.25) is 14.8 Å². The molecule has 0 unspecified atom stereocenters. The van der Waals surface area contributed by atoms with Crippen molar-refractivity contribution in [3.8, 4) is 17.2 Å². The van der Waals surface area contributed by atoms with E-state index in [0.29, 0.717) is 23.6 Å². The fraction of sp³-hybridized carbons (Fsp3) is 0.240. The Kier molecular flexibility index (Phi) is 7.44. The average molecular weight is 434 g/mol. The smallest absolute Gasteiger partial charge is 0.244 e. The summed E-state index contributed by atoms with van der Waals surface area (Å²) in [4.78, 5) is 21.2. The number of hydrogen-bond acceptors (Lipinski definition) is 6. The van der Waals surface area contributed by atoms with E-state index in [0.717, 1.165) is 28.3 Å². The number of aryl methyl sites for hydroxylation is 3. The van der Waals surface area contributed by atoms with Crippen LogP contribution in [0.3, 0.4) is 0 Å². The van der Waals surface area contributed by atoms with Crippen LogP contribution in [-0.4, -0.2) is 28.1 Å². The Balaban J connectivity index is 1.61. The second-order valence-corrected chi connectivity index (χ2v) is 7.31. The van der Waals surface area contributed by atoms with Crippen LogP contribution in [0.5, 0.6) is 17.2 Å². The Morgan fingerprint density at radius 1 is 1.03 bits per heavy atom. The van der Waals surface area contributed by atoms with Gasteiger partial charge in [0.15, 0.2) is 11.5 Å². The lowest BCUT2D eigenvalue weighted by molar-refractivity contribution is -0.116. The van der Waals surface area contributed by atoms with Gasteiger partial charge in [0, 0.05) is 18.2 Å². The Bertz CT molecular complexity index is 1140. The second-order valence-electron chi connectivity index (χ2n) is 7.31. The molecule has 1 heterocycles. The molecule has 7 heteroatoms. The lowest BCUT2D eigenvalue weighted by Gasteiger charge is -2.13. The number of amides is 1. The van der Waals surface area contributed by atoms with E-state index in [2.05, 4.69) is 15.3 Å². The van der Waals surface area contributed by atoms with E-state index in [1.165, 1.54) is 6.08 Å². The number of benzene rings is 2. The minimum Gasteiger partial charge on any atom is -0.507 e. The summed E-state index contributed by atoms with van der Waals surface area (Å²) in [6.07, 6.45) is 2.95. The number of carbonyl (C=O) groups excluding carboxylic acids is 1. The van der Waals surface area contributed by atoms with E-state index in [1.807, 2.05) is 39.0 Å². The fourth-order valence-corrected chi connectivity index (χ4v) is 3.03. The van der Waals surface area contributed by atoms with Crippen molar-refractivity contribution in [2.24, 2.45) is 0 Å². The molecular formula is C25H27N3O4. The molecule has 0 saturated carbocycles. The maximum atomic E-state index is 12.1. The molecule has 2 N–H and O–H groups in total. The first kappa shape index (κ1) is 22.8. The summed E-state index contributed by atoms with van der Waals surface area (Å²) in [6.45, 7) is 6.37. The molecule has 0 bridgehead atoms. The molecule has 0 atom stereocenters. The Morgan fingerprint density at radius 2 is 1.78 bits per heavy atom. The van der Waals surface area contributed by atoms with Crippen molar-refractivity contribution in [1.29, 1.82) is 0 Å². The highest BCUT2D eigenvalue weighted by Gasteiger charge is 2.10. The van der Waals surface area contributed by atoms with Gasteiger partial charge >= 0.3 is 0 Å². The quantitative estimate of drug-likeness (QED) is 0.521. The number of ether oxygens (including phenoxy) is 2. The third-order valence-corrected chi connectivity index (χ3v) is 4.99. The fourth-order valence-electron chi connectivity index (χ4n) is 3.03. The molecule has 32 heavy (non-hydrogen) atoms. The monoisotopic (exact) mass is 433 g/mol. The summed E-state index contributed by atoms with van der Waals surface area (Å²) >= 11 is 0. The highest BCUT2D eigenvalue weighted by molar-refractivity contribution is 5.92. The van der Waals surface area contributed by atoms with Gasteiger partial charge in [-0.05, 0) is 50.6 Å². The highest BCUT2D eigenvalue weighted by Crippen LogP contribution is 2.29. The number of aromatic nitrogens is 2. The molecule has 0 aliphatic heterocycles. The lowest BCUT2D eigenvalue weighted by Crippen LogP contribution is -2.20. The Hall–Kier alpha value is -3.87. The zero-order valence-electron chi connectivity index (χ0n) is 18.7. The van der Waals surface area contributed by atoms with Crippen LogP contribution in [0, 0.1) is 20.8 Å². The van der Waals surface area contributed by atoms with Crippen molar-refractivity contribution < 1.29 is 19.4 Å². The van der Waals surface area contributed by atoms with Crippen LogP contribution >= 0.6 is 0 Å². The number of phenols is 1. The summed E-state index contributed by atoms with van der Waals surface area (Å²) in [5, 5.41) is 12.6. The summed E-state index contributed by atoms with van der Waals surface area (Å²) in [7, 11) is 1.57. The van der Waals surface area contributed by atoms with Gasteiger partial charge in [-0.25, -0.2) is 0 Å². The standard InChI is InChI=1S/C25H27N3O4/c1-16-17(2)28-21(18(3)27-16)15-32-23-11-9-19(13-24(23)31-4)14-26-25(30)12-10-20-7-5-6-8-22(20)29/h5-13,29H,14-15H2,1-4H3,(H,26,30)/b12-10+. The van der Waals surface area contributed by atoms with E-state index in [-0.39, 0.29) is 18.3 Å². The number of rotatable bonds is 8. The number of methoxy groups -OCH3 is 1. The number of aromatic hydroxyl groups is 1. The molecule has 0 aliphatic rings. The van der Waals surface area contributed by atoms with Gasteiger partial charge in [0.25, 0.3) is 0 Å². The van der Waals surface area contributed by atoms with Gasteiger partial charge in [0.2, 0.25) is 5.91 Å². The van der Waals surface area contributed by atoms with Crippen molar-refractivity contribution in [3.63, 3.8) is 0 Å². The third-order valence-electron chi connectivity index (χ3n) is 4.99. The molecule has 0 spiro atoms. The molecule has 0 fully saturated rings. The lowest BCUT2D eigenvalue weighted by atomic mass is 10.2. The second kappa shape index (κ2) is 10.4. The van der Waals surface area contributed by atoms with E-state index < -0.39 is 0 Å². The molecule has 3 rings (SSSR count). The van der Waals surface area contributed by atoms with E-state index in [1.54, 1.807) is 37.5 Å². The van der Waals surface area contributed by atoms with Crippen molar-refractivity contribution in [1.82, 2.24) is 15.3 Å². The minimum absolute atomic E-state index is 0.124. The number of nitrogens with one attached hydrogen (secondary N) is 1. The normalized spacial score (nSPS) is 10.9. The molecule has 3 aromatic rings. The van der Waals surface area contributed by atoms with Gasteiger partial charge < -0.3 is 19.9 Å². The molecule has 7 nitrogen and oxygen atoms in total. The number of para-hydroxylation sites is 1. The SMILES string of the molecule is COc1cc(CNC(=O)/C=C/c2ccccc2O)ccc1OCc1nc(C)c(C)nc1C. The van der Waals surface area contributed by atoms with Crippen LogP contribution in [0.2, 0.25) is 0 Å². The van der Waals surface area contributed by atoms with E-state index >= 15 is 0 Å². The average Bonchev–Trinajstić information content (AvgIpc) is 2.79. The number of phenolic OH excluding ortho intramolecular Hbond substituents is 1. The van der Waals surface area contributed by atoms with Crippen LogP contribution in [0.4, 0.5) is 0 Å². The number of hydrogen-bond donors (Lipinski definition) is 2. The first-order valence-corrected chi connectivity index (χ1v) is 10.2. The first-order valence-electron chi connectivity index (χ1n) is 10.2. The summed E-state index contributed by atoms with van der Waals surface area (Å²) in [5.74, 6) is 1.01. The first-order chi connectivity index (χ1) is 15.4. The van der Waals surface area contributed by atoms with Gasteiger partial charge in [-0.1, -0.05) is 24.3 Å². The maximum Gasteiger partial charge on any atom is 0.244 e. The van der Waals surface area contributed by atoms with Crippen LogP contribution in [0.15, 0.2) is 48.5 Å². The van der Waals surface area contributed by atoms with Crippen LogP contribution in [0.1, 0.15) is 33.9 Å². The summed E-state index contributed by atoms with van der Waals surface area (Å²) < 4.78 is 11.4. The Morgan fingerprint density at radius 3 is 2.53 bits per heavy atom. The van der Waals surface area contributed by atoms with E-state index in [4.69, 9.17) is 9.47 Å². The van der Waals surface area contributed by atoms with E-state index in [9.17, 15) is 9.90 Å². The topological polar surface area (TPSA) is 93.6 Å². The Labute approximate surface area is 187 Å². The highest BCUT2D eigenvalue weighted by atomic mass is 16.5. The summed E-state index contributed by atoms with van der Waals surface area (Å²) in [6, 6.07) is 12.3. The molecule has 0 saturated heterocycles. The number of carbonyl (C=O) groups is 1. The summed E-state index contributed by atoms with van der Waals surface area (Å²) in [5.41, 5.74) is 4.84. The van der Waals surface area contributed by atoms with Crippen LogP contribution in [-0.2, 0) is 17.9 Å². The zero-order valence-corrected chi connectivity index (χ0v) is 18.7. The van der Waals surface area contributed by atoms with Gasteiger partial charge in [0.1, 0.15) is 12.4 Å². The molecule has 2 aromatic carbocycles. The van der Waals surface area contributed by atoms with Crippen LogP contribution in [0.25, 0.3) is 6.08 Å². The number of nitrogens with zero attached hydrogens (tertiary/aromatic N) is 2. The van der Waals surface area contributed by atoms with Crippen molar-refractivity contribution in [2.45, 2.75) is 33.9 Å². The minimum atomic E-state index is -0.267. The molecule has 1 aromatic heterocycles. The predicted molar refractivity (Wildman–Crippen MR) is 123 cm³/mol. The molecule has 1 amide bonds. The van der Waals surface area contributed by atoms with Crippen molar-refractivity contribution >= 4 is 12.0 Å². The van der Waals surface area contributed by atoms with Gasteiger partial charge in [0.05, 0.1) is 29.9 Å². The van der Waals surface area contributed by atoms with Gasteiger partial charge in [-0.2, -0.15) is 0 Å².